The van der Waals surface area contributed by atoms with E-state index >= 15 is 0 Å². The molecule has 1 atom stereocenters. The highest BCUT2D eigenvalue weighted by Gasteiger charge is 2.35. The van der Waals surface area contributed by atoms with Crippen molar-refractivity contribution in [1.29, 1.82) is 0 Å². The molecule has 1 aromatic rings. The molecule has 1 aromatic heterocycles. The first-order chi connectivity index (χ1) is 9.48. The van der Waals surface area contributed by atoms with Crippen LogP contribution in [0.2, 0.25) is 0 Å². The predicted octanol–water partition coefficient (Wildman–Crippen LogP) is 3.78. The zero-order chi connectivity index (χ0) is 14.3. The van der Waals surface area contributed by atoms with Gasteiger partial charge in [0.2, 0.25) is 0 Å². The summed E-state index contributed by atoms with van der Waals surface area (Å²) in [5.41, 5.74) is 1.31. The van der Waals surface area contributed by atoms with Crippen molar-refractivity contribution in [3.05, 3.63) is 10.6 Å². The van der Waals surface area contributed by atoms with E-state index in [0.717, 1.165) is 54.0 Å². The molecular formula is C16H26N2OS. The lowest BCUT2D eigenvalue weighted by Crippen LogP contribution is -2.26. The van der Waals surface area contributed by atoms with E-state index in [4.69, 9.17) is 4.98 Å². The summed E-state index contributed by atoms with van der Waals surface area (Å²) in [5.74, 6) is 0.879. The fourth-order valence-electron chi connectivity index (χ4n) is 3.16. The lowest BCUT2D eigenvalue weighted by molar-refractivity contribution is 0.102. The molecule has 0 radical (unpaired) electrons. The maximum atomic E-state index is 10.4. The van der Waals surface area contributed by atoms with Crippen LogP contribution in [0.3, 0.4) is 0 Å². The van der Waals surface area contributed by atoms with E-state index in [1.165, 1.54) is 12.8 Å². The number of rotatable bonds is 5. The second kappa shape index (κ2) is 5.30. The van der Waals surface area contributed by atoms with Gasteiger partial charge in [-0.2, -0.15) is 0 Å². The van der Waals surface area contributed by atoms with E-state index in [1.54, 1.807) is 11.3 Å². The molecule has 0 amide bonds. The number of aliphatic hydroxyl groups is 1. The maximum Gasteiger partial charge on any atom is 0.185 e. The Morgan fingerprint density at radius 3 is 2.80 bits per heavy atom. The first kappa shape index (κ1) is 14.3. The van der Waals surface area contributed by atoms with Crippen LogP contribution < -0.4 is 4.90 Å². The van der Waals surface area contributed by atoms with E-state index in [0.29, 0.717) is 0 Å². The van der Waals surface area contributed by atoms with Crippen molar-refractivity contribution in [2.45, 2.75) is 59.0 Å². The highest BCUT2D eigenvalue weighted by Crippen LogP contribution is 2.45. The third-order valence-corrected chi connectivity index (χ3v) is 5.61. The third kappa shape index (κ3) is 3.01. The van der Waals surface area contributed by atoms with E-state index in [-0.39, 0.29) is 11.5 Å². The molecule has 1 N–H and O–H groups in total. The fraction of sp³-hybridized carbons (Fsp3) is 0.812. The Labute approximate surface area is 126 Å². The topological polar surface area (TPSA) is 36.4 Å². The second-order valence-corrected chi connectivity index (χ2v) is 8.27. The summed E-state index contributed by atoms with van der Waals surface area (Å²) in [6, 6.07) is 0. The highest BCUT2D eigenvalue weighted by atomic mass is 32.1. The largest absolute Gasteiger partial charge is 0.387 e. The van der Waals surface area contributed by atoms with Crippen LogP contribution in [0.1, 0.15) is 63.1 Å². The van der Waals surface area contributed by atoms with Gasteiger partial charge in [0, 0.05) is 13.1 Å². The standard InChI is InChI=1S/C16H26N2OS/c1-4-7-18(10-11-5-6-11)15-17-12-8-16(2,3)9-13(19)14(12)20-15/h11,13,19H,4-10H2,1-3H3. The van der Waals surface area contributed by atoms with Crippen molar-refractivity contribution < 1.29 is 5.11 Å². The molecule has 1 saturated carbocycles. The third-order valence-electron chi connectivity index (χ3n) is 4.35. The summed E-state index contributed by atoms with van der Waals surface area (Å²) in [6.45, 7) is 8.92. The van der Waals surface area contributed by atoms with Gasteiger partial charge in [-0.05, 0) is 43.4 Å². The summed E-state index contributed by atoms with van der Waals surface area (Å²) < 4.78 is 0. The number of hydrogen-bond acceptors (Lipinski definition) is 4. The van der Waals surface area contributed by atoms with Crippen LogP contribution in [0.4, 0.5) is 5.13 Å². The van der Waals surface area contributed by atoms with Crippen LogP contribution in [0.25, 0.3) is 0 Å². The first-order valence-corrected chi connectivity index (χ1v) is 8.73. The molecule has 0 aliphatic heterocycles. The highest BCUT2D eigenvalue weighted by molar-refractivity contribution is 7.15. The average Bonchev–Trinajstić information content (AvgIpc) is 3.05. The van der Waals surface area contributed by atoms with Gasteiger partial charge in [0.05, 0.1) is 16.7 Å². The molecule has 0 spiro atoms. The van der Waals surface area contributed by atoms with Crippen LogP contribution in [-0.4, -0.2) is 23.2 Å². The minimum atomic E-state index is -0.315. The summed E-state index contributed by atoms with van der Waals surface area (Å²) in [5, 5.41) is 11.5. The first-order valence-electron chi connectivity index (χ1n) is 7.91. The van der Waals surface area contributed by atoms with Gasteiger partial charge in [-0.3, -0.25) is 0 Å². The molecular weight excluding hydrogens is 268 g/mol. The predicted molar refractivity (Wildman–Crippen MR) is 84.4 cm³/mol. The van der Waals surface area contributed by atoms with E-state index in [2.05, 4.69) is 25.7 Å². The Morgan fingerprint density at radius 2 is 2.15 bits per heavy atom. The molecule has 3 nitrogen and oxygen atoms in total. The number of anilines is 1. The van der Waals surface area contributed by atoms with Gasteiger partial charge in [0.15, 0.2) is 5.13 Å². The number of hydrogen-bond donors (Lipinski definition) is 1. The van der Waals surface area contributed by atoms with Crippen molar-refractivity contribution in [2.24, 2.45) is 11.3 Å². The zero-order valence-electron chi connectivity index (χ0n) is 12.9. The molecule has 3 rings (SSSR count). The van der Waals surface area contributed by atoms with Crippen molar-refractivity contribution in [2.75, 3.05) is 18.0 Å². The van der Waals surface area contributed by atoms with Crippen molar-refractivity contribution in [3.63, 3.8) is 0 Å². The molecule has 4 heteroatoms. The number of fused-ring (bicyclic) bond motifs is 1. The van der Waals surface area contributed by atoms with E-state index in [9.17, 15) is 5.11 Å². The lowest BCUT2D eigenvalue weighted by atomic mass is 9.77. The normalized spacial score (nSPS) is 24.5. The molecule has 20 heavy (non-hydrogen) atoms. The molecule has 0 aromatic carbocycles. The lowest BCUT2D eigenvalue weighted by Gasteiger charge is -2.31. The molecule has 1 unspecified atom stereocenters. The molecule has 2 aliphatic carbocycles. The van der Waals surface area contributed by atoms with Gasteiger partial charge in [0.1, 0.15) is 0 Å². The molecule has 2 aliphatic rings. The van der Waals surface area contributed by atoms with Crippen molar-refractivity contribution >= 4 is 16.5 Å². The number of thiazole rings is 1. The van der Waals surface area contributed by atoms with Gasteiger partial charge in [0.25, 0.3) is 0 Å². The summed E-state index contributed by atoms with van der Waals surface area (Å²) in [7, 11) is 0. The quantitative estimate of drug-likeness (QED) is 0.898. The maximum absolute atomic E-state index is 10.4. The van der Waals surface area contributed by atoms with Gasteiger partial charge < -0.3 is 10.0 Å². The summed E-state index contributed by atoms with van der Waals surface area (Å²) in [4.78, 5) is 8.45. The Balaban J connectivity index is 1.83. The van der Waals surface area contributed by atoms with Gasteiger partial charge in [-0.25, -0.2) is 4.98 Å². The van der Waals surface area contributed by atoms with Crippen molar-refractivity contribution in [3.8, 4) is 0 Å². The Hall–Kier alpha value is -0.610. The average molecular weight is 294 g/mol. The molecule has 112 valence electrons. The minimum Gasteiger partial charge on any atom is -0.387 e. The Kier molecular flexibility index (Phi) is 3.80. The van der Waals surface area contributed by atoms with Crippen LogP contribution in [0, 0.1) is 11.3 Å². The van der Waals surface area contributed by atoms with Crippen LogP contribution in [-0.2, 0) is 6.42 Å². The fourth-order valence-corrected chi connectivity index (χ4v) is 4.26. The smallest absolute Gasteiger partial charge is 0.185 e. The van der Waals surface area contributed by atoms with Crippen LogP contribution >= 0.6 is 11.3 Å². The molecule has 0 bridgehead atoms. The molecule has 1 heterocycles. The minimum absolute atomic E-state index is 0.170. The van der Waals surface area contributed by atoms with Gasteiger partial charge in [-0.1, -0.05) is 32.1 Å². The number of aromatic nitrogens is 1. The summed E-state index contributed by atoms with van der Waals surface area (Å²) in [6.07, 6.45) is 5.45. The van der Waals surface area contributed by atoms with Crippen LogP contribution in [0.15, 0.2) is 0 Å². The van der Waals surface area contributed by atoms with Crippen LogP contribution in [0.5, 0.6) is 0 Å². The molecule has 0 saturated heterocycles. The SMILES string of the molecule is CCCN(CC1CC1)c1nc2c(s1)C(O)CC(C)(C)C2. The van der Waals surface area contributed by atoms with Gasteiger partial charge in [-0.15, -0.1) is 0 Å². The summed E-state index contributed by atoms with van der Waals surface area (Å²) >= 11 is 1.73. The molecule has 1 fully saturated rings. The second-order valence-electron chi connectivity index (χ2n) is 7.26. The van der Waals surface area contributed by atoms with E-state index in [1.807, 2.05) is 0 Å². The van der Waals surface area contributed by atoms with Gasteiger partial charge >= 0.3 is 0 Å². The zero-order valence-corrected chi connectivity index (χ0v) is 13.7. The Morgan fingerprint density at radius 1 is 1.40 bits per heavy atom. The number of aliphatic hydroxyl groups excluding tert-OH is 1. The van der Waals surface area contributed by atoms with Crippen molar-refractivity contribution in [1.82, 2.24) is 4.98 Å². The van der Waals surface area contributed by atoms with E-state index < -0.39 is 0 Å². The number of nitrogens with zero attached hydrogens (tertiary/aromatic N) is 2. The monoisotopic (exact) mass is 294 g/mol. The Bertz CT molecular complexity index is 479.